The molecule has 4 heteroatoms. The predicted octanol–water partition coefficient (Wildman–Crippen LogP) is 1.96. The van der Waals surface area contributed by atoms with Gasteiger partial charge >= 0.3 is 5.97 Å². The van der Waals surface area contributed by atoms with Gasteiger partial charge in [-0.15, -0.1) is 0 Å². The summed E-state index contributed by atoms with van der Waals surface area (Å²) in [6.45, 7) is 3.09. The first-order valence-corrected chi connectivity index (χ1v) is 6.36. The second-order valence-corrected chi connectivity index (χ2v) is 4.17. The van der Waals surface area contributed by atoms with Gasteiger partial charge in [-0.25, -0.2) is 4.79 Å². The molecule has 0 aliphatic carbocycles. The SMILES string of the molecule is CCN1/C(=C/C(=O)OC)CCC1CI. The molecule has 80 valence electrons. The Morgan fingerprint density at radius 1 is 1.79 bits per heavy atom. The Balaban J connectivity index is 2.71. The van der Waals surface area contributed by atoms with Gasteiger partial charge in [0.2, 0.25) is 0 Å². The van der Waals surface area contributed by atoms with Gasteiger partial charge in [-0.3, -0.25) is 0 Å². The molecular weight excluding hydrogens is 293 g/mol. The maximum atomic E-state index is 11.1. The summed E-state index contributed by atoms with van der Waals surface area (Å²) in [7, 11) is 1.42. The molecule has 1 fully saturated rings. The molecule has 1 unspecified atom stereocenters. The van der Waals surface area contributed by atoms with Crippen LogP contribution in [0.25, 0.3) is 0 Å². The summed E-state index contributed by atoms with van der Waals surface area (Å²) in [5.74, 6) is -0.243. The van der Waals surface area contributed by atoms with Crippen molar-refractivity contribution >= 4 is 28.6 Å². The summed E-state index contributed by atoms with van der Waals surface area (Å²) in [6, 6.07) is 0.594. The summed E-state index contributed by atoms with van der Waals surface area (Å²) in [6.07, 6.45) is 3.77. The first kappa shape index (κ1) is 11.8. The molecular formula is C10H16INO2. The molecule has 1 heterocycles. The number of rotatable bonds is 3. The van der Waals surface area contributed by atoms with E-state index in [1.54, 1.807) is 6.08 Å². The van der Waals surface area contributed by atoms with Gasteiger partial charge in [0.25, 0.3) is 0 Å². The van der Waals surface area contributed by atoms with E-state index < -0.39 is 0 Å². The molecule has 0 amide bonds. The van der Waals surface area contributed by atoms with Crippen LogP contribution in [0, 0.1) is 0 Å². The van der Waals surface area contributed by atoms with Crippen molar-refractivity contribution in [2.45, 2.75) is 25.8 Å². The monoisotopic (exact) mass is 309 g/mol. The number of allylic oxidation sites excluding steroid dienone is 1. The minimum atomic E-state index is -0.243. The fourth-order valence-corrected chi connectivity index (χ4v) is 2.74. The third-order valence-electron chi connectivity index (χ3n) is 2.55. The van der Waals surface area contributed by atoms with Gasteiger partial charge in [-0.05, 0) is 19.8 Å². The highest BCUT2D eigenvalue weighted by atomic mass is 127. The number of alkyl halides is 1. The molecule has 1 aliphatic rings. The van der Waals surface area contributed by atoms with Crippen LogP contribution in [0.4, 0.5) is 0 Å². The number of nitrogens with zero attached hydrogens (tertiary/aromatic N) is 1. The molecule has 0 spiro atoms. The second kappa shape index (κ2) is 5.58. The Morgan fingerprint density at radius 3 is 3.00 bits per heavy atom. The van der Waals surface area contributed by atoms with Crippen LogP contribution in [0.5, 0.6) is 0 Å². The Morgan fingerprint density at radius 2 is 2.50 bits per heavy atom. The number of hydrogen-bond acceptors (Lipinski definition) is 3. The van der Waals surface area contributed by atoms with E-state index in [2.05, 4.69) is 39.2 Å². The quantitative estimate of drug-likeness (QED) is 0.345. The van der Waals surface area contributed by atoms with Crippen molar-refractivity contribution in [1.29, 1.82) is 0 Å². The van der Waals surface area contributed by atoms with Gasteiger partial charge < -0.3 is 9.64 Å². The third-order valence-corrected chi connectivity index (χ3v) is 3.56. The molecule has 0 aromatic rings. The molecule has 1 rings (SSSR count). The van der Waals surface area contributed by atoms with E-state index in [9.17, 15) is 4.79 Å². The summed E-state index contributed by atoms with van der Waals surface area (Å²) in [5, 5.41) is 0. The highest BCUT2D eigenvalue weighted by Crippen LogP contribution is 2.28. The van der Waals surface area contributed by atoms with Crippen LogP contribution in [0.1, 0.15) is 19.8 Å². The summed E-state index contributed by atoms with van der Waals surface area (Å²) >= 11 is 2.40. The summed E-state index contributed by atoms with van der Waals surface area (Å²) in [4.78, 5) is 13.4. The standard InChI is InChI=1S/C10H16INO2/c1-3-12-8(6-10(13)14-2)4-5-9(12)7-11/h6,9H,3-5,7H2,1-2H3/b8-6+. The van der Waals surface area contributed by atoms with Crippen LogP contribution in [0.2, 0.25) is 0 Å². The third kappa shape index (κ3) is 2.62. The van der Waals surface area contributed by atoms with Gasteiger partial charge in [0, 0.05) is 28.8 Å². The smallest absolute Gasteiger partial charge is 0.332 e. The van der Waals surface area contributed by atoms with Gasteiger partial charge in [0.05, 0.1) is 7.11 Å². The highest BCUT2D eigenvalue weighted by molar-refractivity contribution is 14.1. The van der Waals surface area contributed by atoms with E-state index in [0.29, 0.717) is 6.04 Å². The molecule has 0 radical (unpaired) electrons. The molecule has 1 aliphatic heterocycles. The van der Waals surface area contributed by atoms with Crippen LogP contribution in [0.15, 0.2) is 11.8 Å². The lowest BCUT2D eigenvalue weighted by Crippen LogP contribution is -2.29. The number of likely N-dealkylation sites (tertiary alicyclic amines) is 1. The normalized spacial score (nSPS) is 24.4. The number of halogens is 1. The first-order valence-electron chi connectivity index (χ1n) is 4.84. The number of esters is 1. The summed E-state index contributed by atoms with van der Waals surface area (Å²) in [5.41, 5.74) is 1.13. The number of hydrogen-bond donors (Lipinski definition) is 0. The van der Waals surface area contributed by atoms with Crippen LogP contribution in [-0.2, 0) is 9.53 Å². The maximum absolute atomic E-state index is 11.1. The van der Waals surface area contributed by atoms with Crippen molar-refractivity contribution in [3.8, 4) is 0 Å². The van der Waals surface area contributed by atoms with E-state index in [-0.39, 0.29) is 5.97 Å². The Kier molecular flexibility index (Phi) is 4.71. The number of ether oxygens (including phenoxy) is 1. The van der Waals surface area contributed by atoms with Gasteiger partial charge in [0.1, 0.15) is 0 Å². The molecule has 0 aromatic heterocycles. The van der Waals surface area contributed by atoms with Crippen LogP contribution < -0.4 is 0 Å². The molecule has 0 saturated carbocycles. The molecule has 0 bridgehead atoms. The minimum absolute atomic E-state index is 0.243. The predicted molar refractivity (Wildman–Crippen MR) is 64.4 cm³/mol. The fraction of sp³-hybridized carbons (Fsp3) is 0.700. The lowest BCUT2D eigenvalue weighted by Gasteiger charge is -2.24. The van der Waals surface area contributed by atoms with E-state index in [1.807, 2.05) is 0 Å². The van der Waals surface area contributed by atoms with E-state index >= 15 is 0 Å². The Labute approximate surface area is 98.6 Å². The number of carbonyl (C=O) groups excluding carboxylic acids is 1. The number of methoxy groups -OCH3 is 1. The van der Waals surface area contributed by atoms with Crippen molar-refractivity contribution < 1.29 is 9.53 Å². The lowest BCUT2D eigenvalue weighted by atomic mass is 10.2. The zero-order chi connectivity index (χ0) is 10.6. The fourth-order valence-electron chi connectivity index (χ4n) is 1.82. The van der Waals surface area contributed by atoms with Crippen molar-refractivity contribution in [2.75, 3.05) is 18.1 Å². The average Bonchev–Trinajstić information content (AvgIpc) is 2.59. The molecule has 0 N–H and O–H groups in total. The van der Waals surface area contributed by atoms with Crippen molar-refractivity contribution in [3.63, 3.8) is 0 Å². The molecule has 1 atom stereocenters. The largest absolute Gasteiger partial charge is 0.466 e. The molecule has 0 aromatic carbocycles. The summed E-state index contributed by atoms with van der Waals surface area (Å²) < 4.78 is 5.75. The van der Waals surface area contributed by atoms with E-state index in [4.69, 9.17) is 0 Å². The maximum Gasteiger partial charge on any atom is 0.332 e. The Hall–Kier alpha value is -0.260. The van der Waals surface area contributed by atoms with Crippen molar-refractivity contribution in [2.24, 2.45) is 0 Å². The topological polar surface area (TPSA) is 29.5 Å². The van der Waals surface area contributed by atoms with Crippen LogP contribution in [0.3, 0.4) is 0 Å². The highest BCUT2D eigenvalue weighted by Gasteiger charge is 2.26. The average molecular weight is 309 g/mol. The van der Waals surface area contributed by atoms with Gasteiger partial charge in [-0.1, -0.05) is 22.6 Å². The molecule has 1 saturated heterocycles. The molecule has 14 heavy (non-hydrogen) atoms. The second-order valence-electron chi connectivity index (χ2n) is 3.29. The lowest BCUT2D eigenvalue weighted by molar-refractivity contribution is -0.134. The van der Waals surface area contributed by atoms with Crippen LogP contribution >= 0.6 is 22.6 Å². The van der Waals surface area contributed by atoms with Crippen molar-refractivity contribution in [1.82, 2.24) is 4.90 Å². The zero-order valence-corrected chi connectivity index (χ0v) is 10.8. The van der Waals surface area contributed by atoms with Gasteiger partial charge in [0.15, 0.2) is 0 Å². The van der Waals surface area contributed by atoms with Crippen molar-refractivity contribution in [3.05, 3.63) is 11.8 Å². The van der Waals surface area contributed by atoms with Crippen LogP contribution in [-0.4, -0.2) is 35.0 Å². The zero-order valence-electron chi connectivity index (χ0n) is 8.62. The van der Waals surface area contributed by atoms with E-state index in [1.165, 1.54) is 7.11 Å². The number of carbonyl (C=O) groups is 1. The molecule has 3 nitrogen and oxygen atoms in total. The van der Waals surface area contributed by atoms with E-state index in [0.717, 1.165) is 29.5 Å². The Bertz CT molecular complexity index is 240. The van der Waals surface area contributed by atoms with Gasteiger partial charge in [-0.2, -0.15) is 0 Å². The minimum Gasteiger partial charge on any atom is -0.466 e. The first-order chi connectivity index (χ1) is 6.72.